The van der Waals surface area contributed by atoms with E-state index >= 15 is 0 Å². The maximum Gasteiger partial charge on any atom is 0.133 e. The number of carbonyl (C=O) groups excluding carboxylic acids is 1. The van der Waals surface area contributed by atoms with Crippen molar-refractivity contribution < 1.29 is 4.79 Å². The van der Waals surface area contributed by atoms with Crippen molar-refractivity contribution in [2.24, 2.45) is 34.5 Å². The van der Waals surface area contributed by atoms with Crippen LogP contribution in [0, 0.1) is 34.5 Å². The number of fused-ring (bicyclic) bond motifs is 5. The average Bonchev–Trinajstić information content (AvgIpc) is 2.79. The largest absolute Gasteiger partial charge is 0.300 e. The van der Waals surface area contributed by atoms with E-state index in [0.717, 1.165) is 36.5 Å². The maximum atomic E-state index is 12.1. The third-order valence-electron chi connectivity index (χ3n) is 8.20. The quantitative estimate of drug-likeness (QED) is 0.608. The normalized spacial score (nSPS) is 55.0. The Hall–Kier alpha value is -0.330. The fourth-order valence-corrected chi connectivity index (χ4v) is 7.13. The Morgan fingerprint density at radius 2 is 1.80 bits per heavy atom. The van der Waals surface area contributed by atoms with Crippen molar-refractivity contribution in [3.63, 3.8) is 0 Å². The smallest absolute Gasteiger partial charge is 0.133 e. The van der Waals surface area contributed by atoms with Crippen molar-refractivity contribution >= 4 is 5.78 Å². The minimum Gasteiger partial charge on any atom is -0.300 e. The first-order valence-electron chi connectivity index (χ1n) is 9.05. The first kappa shape index (κ1) is 13.3. The highest BCUT2D eigenvalue weighted by Crippen LogP contribution is 2.65. The fraction of sp³-hybridized carbons (Fsp3) is 0.947. The lowest BCUT2D eigenvalue weighted by Crippen LogP contribution is -2.53. The molecule has 4 aliphatic carbocycles. The first-order valence-corrected chi connectivity index (χ1v) is 9.05. The van der Waals surface area contributed by atoms with Crippen molar-refractivity contribution in [2.75, 3.05) is 0 Å². The SMILES string of the molecule is C[C@@]12CCC[C@H]1[C@@H]1CC[C@H]3CCC(=O)C[C@]3(C)[C@H]1CC2. The molecule has 1 nitrogen and oxygen atoms in total. The summed E-state index contributed by atoms with van der Waals surface area (Å²) in [4.78, 5) is 12.1. The molecule has 20 heavy (non-hydrogen) atoms. The molecule has 0 radical (unpaired) electrons. The van der Waals surface area contributed by atoms with E-state index in [1.807, 2.05) is 0 Å². The molecule has 0 spiro atoms. The molecule has 0 aliphatic heterocycles. The molecule has 6 atom stereocenters. The van der Waals surface area contributed by atoms with Crippen molar-refractivity contribution in [3.8, 4) is 0 Å². The second kappa shape index (κ2) is 4.34. The maximum absolute atomic E-state index is 12.1. The van der Waals surface area contributed by atoms with Crippen molar-refractivity contribution in [3.05, 3.63) is 0 Å². The summed E-state index contributed by atoms with van der Waals surface area (Å²) in [6.45, 7) is 5.06. The molecule has 0 amide bonds. The molecule has 0 aromatic rings. The van der Waals surface area contributed by atoms with E-state index in [2.05, 4.69) is 13.8 Å². The highest BCUT2D eigenvalue weighted by Gasteiger charge is 2.57. The van der Waals surface area contributed by atoms with Crippen molar-refractivity contribution in [1.29, 1.82) is 0 Å². The summed E-state index contributed by atoms with van der Waals surface area (Å²) in [5, 5.41) is 0. The number of hydrogen-bond donors (Lipinski definition) is 0. The molecule has 112 valence electrons. The van der Waals surface area contributed by atoms with Gasteiger partial charge in [-0.1, -0.05) is 20.3 Å². The molecule has 0 aromatic carbocycles. The zero-order valence-corrected chi connectivity index (χ0v) is 13.3. The zero-order valence-electron chi connectivity index (χ0n) is 13.3. The topological polar surface area (TPSA) is 17.1 Å². The monoisotopic (exact) mass is 274 g/mol. The Labute approximate surface area is 123 Å². The number of hydrogen-bond acceptors (Lipinski definition) is 1. The van der Waals surface area contributed by atoms with Crippen LogP contribution in [-0.2, 0) is 4.79 Å². The van der Waals surface area contributed by atoms with Crippen LogP contribution in [0.1, 0.15) is 78.1 Å². The molecule has 0 aromatic heterocycles. The van der Waals surface area contributed by atoms with E-state index in [-0.39, 0.29) is 0 Å². The van der Waals surface area contributed by atoms with E-state index < -0.39 is 0 Å². The fourth-order valence-electron chi connectivity index (χ4n) is 7.13. The van der Waals surface area contributed by atoms with E-state index in [9.17, 15) is 4.79 Å². The first-order chi connectivity index (χ1) is 9.53. The van der Waals surface area contributed by atoms with Crippen LogP contribution < -0.4 is 0 Å². The number of rotatable bonds is 0. The molecule has 4 aliphatic rings. The Bertz CT molecular complexity index is 427. The van der Waals surface area contributed by atoms with Crippen LogP contribution in [0.3, 0.4) is 0 Å². The lowest BCUT2D eigenvalue weighted by molar-refractivity contribution is -0.139. The van der Waals surface area contributed by atoms with Crippen LogP contribution in [0.5, 0.6) is 0 Å². The standard InChI is InChI=1S/C19H30O/c1-18-10-3-4-16(18)15-8-6-13-5-7-14(20)12-19(13,2)17(15)9-11-18/h13,15-17H,3-12H2,1-2H3/t13-,15+,16+,17+,18+,19+/m1/s1. The van der Waals surface area contributed by atoms with Crippen LogP contribution in [0.15, 0.2) is 0 Å². The minimum atomic E-state index is 0.363. The molecule has 0 saturated heterocycles. The van der Waals surface area contributed by atoms with Gasteiger partial charge >= 0.3 is 0 Å². The summed E-state index contributed by atoms with van der Waals surface area (Å²) in [6, 6.07) is 0. The summed E-state index contributed by atoms with van der Waals surface area (Å²) in [5.74, 6) is 4.21. The van der Waals surface area contributed by atoms with Crippen LogP contribution in [0.25, 0.3) is 0 Å². The van der Waals surface area contributed by atoms with Gasteiger partial charge in [-0.05, 0) is 79.4 Å². The predicted octanol–water partition coefficient (Wildman–Crippen LogP) is 4.99. The summed E-state index contributed by atoms with van der Waals surface area (Å²) < 4.78 is 0. The van der Waals surface area contributed by atoms with Gasteiger partial charge in [-0.15, -0.1) is 0 Å². The van der Waals surface area contributed by atoms with Crippen LogP contribution in [0.2, 0.25) is 0 Å². The Kier molecular flexibility index (Phi) is 2.89. The van der Waals surface area contributed by atoms with E-state index in [0.29, 0.717) is 16.6 Å². The Morgan fingerprint density at radius 3 is 2.65 bits per heavy atom. The van der Waals surface area contributed by atoms with E-state index in [4.69, 9.17) is 0 Å². The van der Waals surface area contributed by atoms with Gasteiger partial charge in [0.1, 0.15) is 5.78 Å². The van der Waals surface area contributed by atoms with Gasteiger partial charge in [-0.25, -0.2) is 0 Å². The van der Waals surface area contributed by atoms with Crippen molar-refractivity contribution in [2.45, 2.75) is 78.1 Å². The lowest BCUT2D eigenvalue weighted by atomic mass is 9.45. The molecule has 0 unspecified atom stereocenters. The molecule has 4 fully saturated rings. The second-order valence-corrected chi connectivity index (χ2v) is 9.00. The molecule has 4 rings (SSSR count). The Balaban J connectivity index is 1.66. The van der Waals surface area contributed by atoms with Crippen LogP contribution in [0.4, 0.5) is 0 Å². The molecular weight excluding hydrogens is 244 g/mol. The lowest BCUT2D eigenvalue weighted by Gasteiger charge is -2.59. The van der Waals surface area contributed by atoms with Gasteiger partial charge in [0, 0.05) is 12.8 Å². The van der Waals surface area contributed by atoms with Crippen molar-refractivity contribution in [1.82, 2.24) is 0 Å². The average molecular weight is 274 g/mol. The second-order valence-electron chi connectivity index (χ2n) is 9.00. The molecule has 0 N–H and O–H groups in total. The van der Waals surface area contributed by atoms with Gasteiger partial charge < -0.3 is 0 Å². The number of carbonyl (C=O) groups is 1. The van der Waals surface area contributed by atoms with Gasteiger partial charge in [-0.2, -0.15) is 0 Å². The highest BCUT2D eigenvalue weighted by atomic mass is 16.1. The molecule has 4 saturated carbocycles. The van der Waals surface area contributed by atoms with E-state index in [1.165, 1.54) is 51.4 Å². The van der Waals surface area contributed by atoms with Crippen LogP contribution >= 0.6 is 0 Å². The molecule has 0 bridgehead atoms. The van der Waals surface area contributed by atoms with Gasteiger partial charge in [0.2, 0.25) is 0 Å². The summed E-state index contributed by atoms with van der Waals surface area (Å²) >= 11 is 0. The van der Waals surface area contributed by atoms with Crippen LogP contribution in [-0.4, -0.2) is 5.78 Å². The van der Waals surface area contributed by atoms with Gasteiger partial charge in [0.25, 0.3) is 0 Å². The van der Waals surface area contributed by atoms with E-state index in [1.54, 1.807) is 0 Å². The molecular formula is C19H30O. The molecule has 1 heteroatoms. The zero-order chi connectivity index (χ0) is 14.0. The summed E-state index contributed by atoms with van der Waals surface area (Å²) in [6.07, 6.45) is 13.1. The summed E-state index contributed by atoms with van der Waals surface area (Å²) in [5.41, 5.74) is 1.02. The van der Waals surface area contributed by atoms with Gasteiger partial charge in [0.05, 0.1) is 0 Å². The predicted molar refractivity (Wildman–Crippen MR) is 81.4 cm³/mol. The summed E-state index contributed by atoms with van der Waals surface area (Å²) in [7, 11) is 0. The minimum absolute atomic E-state index is 0.363. The third-order valence-corrected chi connectivity index (χ3v) is 8.20. The third kappa shape index (κ3) is 1.70. The van der Waals surface area contributed by atoms with Gasteiger partial charge in [-0.3, -0.25) is 4.79 Å². The van der Waals surface area contributed by atoms with Gasteiger partial charge in [0.15, 0.2) is 0 Å². The highest BCUT2D eigenvalue weighted by molar-refractivity contribution is 5.80. The number of ketones is 1. The number of Topliss-reactive ketones (excluding diaryl/α,β-unsaturated/α-hetero) is 1. The molecule has 0 heterocycles. The Morgan fingerprint density at radius 1 is 0.950 bits per heavy atom.